The quantitative estimate of drug-likeness (QED) is 0.455. The van der Waals surface area contributed by atoms with E-state index in [1.807, 2.05) is 12.1 Å². The highest BCUT2D eigenvalue weighted by Gasteiger charge is 2.20. The maximum atomic E-state index is 10.7. The molecule has 0 unspecified atom stereocenters. The van der Waals surface area contributed by atoms with Gasteiger partial charge in [0.2, 0.25) is 11.7 Å². The molecular formula is C17H18ClN7O3. The van der Waals surface area contributed by atoms with Gasteiger partial charge in [0.05, 0.1) is 18.1 Å². The van der Waals surface area contributed by atoms with Crippen molar-refractivity contribution in [1.29, 1.82) is 0 Å². The van der Waals surface area contributed by atoms with Crippen LogP contribution >= 0.6 is 11.6 Å². The van der Waals surface area contributed by atoms with E-state index in [-0.39, 0.29) is 5.69 Å². The second-order valence-corrected chi connectivity index (χ2v) is 6.99. The molecule has 3 aromatic rings. The molecule has 0 radical (unpaired) electrons. The Bertz CT molecular complexity index is 948. The summed E-state index contributed by atoms with van der Waals surface area (Å²) in [5, 5.41) is 19.5. The number of benzene rings is 1. The second-order valence-electron chi connectivity index (χ2n) is 6.55. The third-order valence-corrected chi connectivity index (χ3v) is 4.82. The van der Waals surface area contributed by atoms with Gasteiger partial charge in [-0.2, -0.15) is 10.1 Å². The summed E-state index contributed by atoms with van der Waals surface area (Å²) < 4.78 is 6.96. The third-order valence-electron chi connectivity index (χ3n) is 4.57. The molecule has 1 saturated heterocycles. The van der Waals surface area contributed by atoms with E-state index in [4.69, 9.17) is 16.1 Å². The average molecular weight is 404 g/mol. The maximum Gasteiger partial charge on any atom is 0.307 e. The molecule has 1 aromatic carbocycles. The van der Waals surface area contributed by atoms with Crippen molar-refractivity contribution in [2.24, 2.45) is 0 Å². The van der Waals surface area contributed by atoms with Gasteiger partial charge in [-0.05, 0) is 24.3 Å². The Kier molecular flexibility index (Phi) is 5.33. The van der Waals surface area contributed by atoms with Crippen LogP contribution in [0.4, 0.5) is 5.69 Å². The first-order chi connectivity index (χ1) is 13.6. The summed E-state index contributed by atoms with van der Waals surface area (Å²) in [5.74, 6) is 1.12. The Balaban J connectivity index is 1.28. The minimum atomic E-state index is -0.440. The van der Waals surface area contributed by atoms with Crippen molar-refractivity contribution in [1.82, 2.24) is 29.7 Å². The zero-order chi connectivity index (χ0) is 19.5. The van der Waals surface area contributed by atoms with E-state index < -0.39 is 4.92 Å². The largest absolute Gasteiger partial charge is 0.338 e. The molecule has 2 aromatic heterocycles. The normalized spacial score (nSPS) is 15.8. The van der Waals surface area contributed by atoms with Crippen LogP contribution in [0.1, 0.15) is 5.89 Å². The number of hydrogen-bond acceptors (Lipinski definition) is 8. The van der Waals surface area contributed by atoms with Crippen molar-refractivity contribution in [2.45, 2.75) is 13.2 Å². The lowest BCUT2D eigenvalue weighted by Crippen LogP contribution is -2.46. The van der Waals surface area contributed by atoms with Crippen LogP contribution in [0, 0.1) is 10.1 Å². The van der Waals surface area contributed by atoms with Crippen molar-refractivity contribution >= 4 is 17.3 Å². The number of piperazine rings is 1. The molecule has 11 heteroatoms. The Morgan fingerprint density at radius 3 is 2.54 bits per heavy atom. The van der Waals surface area contributed by atoms with Gasteiger partial charge in [0.1, 0.15) is 12.4 Å². The first-order valence-electron chi connectivity index (χ1n) is 8.77. The van der Waals surface area contributed by atoms with Crippen LogP contribution in [-0.4, -0.2) is 60.8 Å². The number of halogens is 1. The van der Waals surface area contributed by atoms with Gasteiger partial charge in [-0.1, -0.05) is 16.8 Å². The van der Waals surface area contributed by atoms with Crippen LogP contribution in [0.25, 0.3) is 11.4 Å². The summed E-state index contributed by atoms with van der Waals surface area (Å²) in [7, 11) is 0. The van der Waals surface area contributed by atoms with Crippen molar-refractivity contribution in [3.8, 4) is 11.4 Å². The molecular weight excluding hydrogens is 386 g/mol. The van der Waals surface area contributed by atoms with Gasteiger partial charge < -0.3 is 4.52 Å². The molecule has 1 aliphatic heterocycles. The fraction of sp³-hybridized carbons (Fsp3) is 0.353. The van der Waals surface area contributed by atoms with Gasteiger partial charge in [-0.3, -0.25) is 24.6 Å². The van der Waals surface area contributed by atoms with E-state index in [9.17, 15) is 10.1 Å². The highest BCUT2D eigenvalue weighted by atomic mass is 35.5. The number of nitrogens with zero attached hydrogens (tertiary/aromatic N) is 7. The van der Waals surface area contributed by atoms with E-state index in [0.717, 1.165) is 31.7 Å². The fourth-order valence-electron chi connectivity index (χ4n) is 3.04. The van der Waals surface area contributed by atoms with Gasteiger partial charge in [0.15, 0.2) is 0 Å². The predicted octanol–water partition coefficient (Wildman–Crippen LogP) is 2.27. The fourth-order valence-corrected chi connectivity index (χ4v) is 3.17. The van der Waals surface area contributed by atoms with Crippen LogP contribution in [0.2, 0.25) is 5.02 Å². The molecule has 4 rings (SSSR count). The van der Waals surface area contributed by atoms with Crippen LogP contribution in [0.15, 0.2) is 41.2 Å². The van der Waals surface area contributed by atoms with E-state index in [0.29, 0.717) is 30.0 Å². The Morgan fingerprint density at radius 1 is 1.14 bits per heavy atom. The molecule has 10 nitrogen and oxygen atoms in total. The molecule has 28 heavy (non-hydrogen) atoms. The zero-order valence-corrected chi connectivity index (χ0v) is 15.7. The van der Waals surface area contributed by atoms with E-state index in [1.165, 1.54) is 12.4 Å². The standard InChI is InChI=1S/C17H18ClN7O3/c18-14-3-1-13(2-4-14)17-20-16(28-21-17)11-22-5-7-23(8-6-22)12-24-10-15(9-19-24)25(26)27/h1-4,9-10H,5-8,11-12H2. The summed E-state index contributed by atoms with van der Waals surface area (Å²) in [6.07, 6.45) is 2.72. The van der Waals surface area contributed by atoms with Crippen LogP contribution < -0.4 is 0 Å². The van der Waals surface area contributed by atoms with Crippen molar-refractivity contribution in [3.05, 3.63) is 57.7 Å². The number of hydrogen-bond donors (Lipinski definition) is 0. The molecule has 0 spiro atoms. The Labute approximate surface area is 165 Å². The van der Waals surface area contributed by atoms with E-state index in [2.05, 4.69) is 25.0 Å². The molecule has 0 amide bonds. The molecule has 0 aliphatic carbocycles. The van der Waals surface area contributed by atoms with Crippen LogP contribution in [-0.2, 0) is 13.2 Å². The van der Waals surface area contributed by atoms with Gasteiger partial charge in [0.25, 0.3) is 0 Å². The highest BCUT2D eigenvalue weighted by Crippen LogP contribution is 2.19. The molecule has 146 valence electrons. The molecule has 0 atom stereocenters. The van der Waals surface area contributed by atoms with Gasteiger partial charge in [0, 0.05) is 36.8 Å². The van der Waals surface area contributed by atoms with Crippen molar-refractivity contribution in [3.63, 3.8) is 0 Å². The molecule has 1 fully saturated rings. The second kappa shape index (κ2) is 8.05. The minimum absolute atomic E-state index is 0.00604. The van der Waals surface area contributed by atoms with Crippen LogP contribution in [0.3, 0.4) is 0 Å². The number of nitro groups is 1. The lowest BCUT2D eigenvalue weighted by atomic mass is 10.2. The molecule has 0 N–H and O–H groups in total. The lowest BCUT2D eigenvalue weighted by Gasteiger charge is -2.33. The summed E-state index contributed by atoms with van der Waals surface area (Å²) in [5.41, 5.74) is 0.865. The monoisotopic (exact) mass is 403 g/mol. The van der Waals surface area contributed by atoms with Gasteiger partial charge in [-0.25, -0.2) is 0 Å². The van der Waals surface area contributed by atoms with Gasteiger partial charge >= 0.3 is 5.69 Å². The zero-order valence-electron chi connectivity index (χ0n) is 14.9. The first-order valence-corrected chi connectivity index (χ1v) is 9.15. The van der Waals surface area contributed by atoms with Gasteiger partial charge in [-0.15, -0.1) is 0 Å². The summed E-state index contributed by atoms with van der Waals surface area (Å²) in [6, 6.07) is 7.30. The molecule has 0 saturated carbocycles. The predicted molar refractivity (Wildman–Crippen MR) is 100 cm³/mol. The van der Waals surface area contributed by atoms with Crippen LogP contribution in [0.5, 0.6) is 0 Å². The minimum Gasteiger partial charge on any atom is -0.338 e. The summed E-state index contributed by atoms with van der Waals surface area (Å²) in [4.78, 5) is 19.2. The smallest absolute Gasteiger partial charge is 0.307 e. The molecule has 0 bridgehead atoms. The first kappa shape index (κ1) is 18.5. The molecule has 1 aliphatic rings. The van der Waals surface area contributed by atoms with E-state index in [1.54, 1.807) is 16.8 Å². The summed E-state index contributed by atoms with van der Waals surface area (Å²) in [6.45, 7) is 4.44. The van der Waals surface area contributed by atoms with Crippen molar-refractivity contribution < 1.29 is 9.45 Å². The highest BCUT2D eigenvalue weighted by molar-refractivity contribution is 6.30. The number of rotatable bonds is 6. The maximum absolute atomic E-state index is 10.7. The average Bonchev–Trinajstić information content (AvgIpc) is 3.34. The van der Waals surface area contributed by atoms with Crippen molar-refractivity contribution in [2.75, 3.05) is 26.2 Å². The molecule has 3 heterocycles. The van der Waals surface area contributed by atoms with E-state index >= 15 is 0 Å². The number of aromatic nitrogens is 4. The lowest BCUT2D eigenvalue weighted by molar-refractivity contribution is -0.385. The summed E-state index contributed by atoms with van der Waals surface area (Å²) >= 11 is 5.90. The third kappa shape index (κ3) is 4.35. The Hall–Kier alpha value is -2.82. The Morgan fingerprint density at radius 2 is 1.86 bits per heavy atom. The SMILES string of the molecule is O=[N+]([O-])c1cnn(CN2CCN(Cc3nc(-c4ccc(Cl)cc4)no3)CC2)c1. The topological polar surface area (TPSA) is 106 Å².